The maximum absolute atomic E-state index is 12.3. The summed E-state index contributed by atoms with van der Waals surface area (Å²) in [6.45, 7) is 6.38. The number of carbonyl (C=O) groups excluding carboxylic acids is 1. The highest BCUT2D eigenvalue weighted by molar-refractivity contribution is 5.92. The molecule has 134 valence electrons. The SMILES string of the molecule is CCOc1ccccc1-c1nc(CC(=O)Nc2cc(C)ccc2C)no1. The van der Waals surface area contributed by atoms with E-state index in [1.165, 1.54) is 0 Å². The quantitative estimate of drug-likeness (QED) is 0.728. The van der Waals surface area contributed by atoms with Gasteiger partial charge >= 0.3 is 0 Å². The van der Waals surface area contributed by atoms with Gasteiger partial charge in [0.25, 0.3) is 5.89 Å². The van der Waals surface area contributed by atoms with Gasteiger partial charge in [0.2, 0.25) is 5.91 Å². The van der Waals surface area contributed by atoms with Crippen LogP contribution >= 0.6 is 0 Å². The van der Waals surface area contributed by atoms with Gasteiger partial charge in [-0.2, -0.15) is 4.98 Å². The van der Waals surface area contributed by atoms with Crippen LogP contribution in [0.3, 0.4) is 0 Å². The van der Waals surface area contributed by atoms with E-state index in [0.29, 0.717) is 29.6 Å². The van der Waals surface area contributed by atoms with E-state index in [0.717, 1.165) is 16.8 Å². The highest BCUT2D eigenvalue weighted by Gasteiger charge is 2.16. The maximum atomic E-state index is 12.3. The summed E-state index contributed by atoms with van der Waals surface area (Å²) in [6, 6.07) is 13.4. The van der Waals surface area contributed by atoms with Crippen LogP contribution in [0.5, 0.6) is 5.75 Å². The Morgan fingerprint density at radius 2 is 2.00 bits per heavy atom. The molecule has 1 N–H and O–H groups in total. The van der Waals surface area contributed by atoms with Crippen LogP contribution < -0.4 is 10.1 Å². The Morgan fingerprint density at radius 1 is 1.19 bits per heavy atom. The number of rotatable bonds is 6. The van der Waals surface area contributed by atoms with Gasteiger partial charge in [0, 0.05) is 5.69 Å². The van der Waals surface area contributed by atoms with Crippen molar-refractivity contribution in [1.29, 1.82) is 0 Å². The molecule has 1 aromatic heterocycles. The summed E-state index contributed by atoms with van der Waals surface area (Å²) >= 11 is 0. The van der Waals surface area contributed by atoms with Gasteiger partial charge in [-0.05, 0) is 50.1 Å². The zero-order valence-electron chi connectivity index (χ0n) is 15.1. The Bertz CT molecular complexity index is 918. The molecule has 3 rings (SSSR count). The molecule has 0 unspecified atom stereocenters. The number of hydrogen-bond acceptors (Lipinski definition) is 5. The Balaban J connectivity index is 1.72. The van der Waals surface area contributed by atoms with E-state index in [1.54, 1.807) is 0 Å². The van der Waals surface area contributed by atoms with Crippen molar-refractivity contribution >= 4 is 11.6 Å². The number of hydrogen-bond donors (Lipinski definition) is 1. The summed E-state index contributed by atoms with van der Waals surface area (Å²) in [6.07, 6.45) is 0.0354. The van der Waals surface area contributed by atoms with Crippen LogP contribution in [-0.2, 0) is 11.2 Å². The van der Waals surface area contributed by atoms with E-state index in [2.05, 4.69) is 15.5 Å². The first-order chi connectivity index (χ1) is 12.6. The van der Waals surface area contributed by atoms with Gasteiger partial charge in [0.1, 0.15) is 5.75 Å². The Morgan fingerprint density at radius 3 is 2.81 bits per heavy atom. The van der Waals surface area contributed by atoms with Crippen molar-refractivity contribution in [3.8, 4) is 17.2 Å². The molecule has 3 aromatic rings. The summed E-state index contributed by atoms with van der Waals surface area (Å²) < 4.78 is 10.9. The minimum Gasteiger partial charge on any atom is -0.493 e. The van der Waals surface area contributed by atoms with Crippen LogP contribution in [0, 0.1) is 13.8 Å². The average molecular weight is 351 g/mol. The molecule has 0 radical (unpaired) electrons. The van der Waals surface area contributed by atoms with Crippen LogP contribution in [0.2, 0.25) is 0 Å². The van der Waals surface area contributed by atoms with Gasteiger partial charge in [-0.25, -0.2) is 0 Å². The molecule has 0 bridgehead atoms. The Hall–Kier alpha value is -3.15. The van der Waals surface area contributed by atoms with Gasteiger partial charge < -0.3 is 14.6 Å². The van der Waals surface area contributed by atoms with Gasteiger partial charge in [0.05, 0.1) is 18.6 Å². The minimum atomic E-state index is -0.191. The van der Waals surface area contributed by atoms with E-state index in [-0.39, 0.29) is 12.3 Å². The third kappa shape index (κ3) is 4.08. The van der Waals surface area contributed by atoms with Crippen molar-refractivity contribution in [2.24, 2.45) is 0 Å². The van der Waals surface area contributed by atoms with Crippen molar-refractivity contribution in [3.05, 3.63) is 59.4 Å². The van der Waals surface area contributed by atoms with E-state index in [1.807, 2.05) is 63.2 Å². The van der Waals surface area contributed by atoms with E-state index in [4.69, 9.17) is 9.26 Å². The summed E-state index contributed by atoms with van der Waals surface area (Å²) in [7, 11) is 0. The van der Waals surface area contributed by atoms with E-state index >= 15 is 0 Å². The molecule has 0 aliphatic rings. The molecule has 0 aliphatic carbocycles. The molecule has 0 spiro atoms. The predicted octanol–water partition coefficient (Wildman–Crippen LogP) is 3.93. The van der Waals surface area contributed by atoms with Gasteiger partial charge in [-0.1, -0.05) is 29.4 Å². The number of aromatic nitrogens is 2. The lowest BCUT2D eigenvalue weighted by atomic mass is 10.1. The van der Waals surface area contributed by atoms with Crippen molar-refractivity contribution < 1.29 is 14.1 Å². The van der Waals surface area contributed by atoms with Gasteiger partial charge in [-0.3, -0.25) is 4.79 Å². The monoisotopic (exact) mass is 351 g/mol. The average Bonchev–Trinajstić information content (AvgIpc) is 3.07. The lowest BCUT2D eigenvalue weighted by Gasteiger charge is -2.08. The molecule has 0 aliphatic heterocycles. The normalized spacial score (nSPS) is 10.6. The zero-order valence-corrected chi connectivity index (χ0v) is 15.1. The fourth-order valence-corrected chi connectivity index (χ4v) is 2.57. The topological polar surface area (TPSA) is 77.2 Å². The zero-order chi connectivity index (χ0) is 18.5. The smallest absolute Gasteiger partial charge is 0.261 e. The fourth-order valence-electron chi connectivity index (χ4n) is 2.57. The van der Waals surface area contributed by atoms with Crippen molar-refractivity contribution in [2.75, 3.05) is 11.9 Å². The number of amides is 1. The lowest BCUT2D eigenvalue weighted by Crippen LogP contribution is -2.16. The van der Waals surface area contributed by atoms with Crippen LogP contribution in [-0.4, -0.2) is 22.7 Å². The molecular formula is C20H21N3O3. The molecule has 0 fully saturated rings. The van der Waals surface area contributed by atoms with Gasteiger partial charge in [0.15, 0.2) is 5.82 Å². The molecule has 26 heavy (non-hydrogen) atoms. The number of ether oxygens (including phenoxy) is 1. The summed E-state index contributed by atoms with van der Waals surface area (Å²) in [5.41, 5.74) is 3.59. The first-order valence-electron chi connectivity index (χ1n) is 8.48. The van der Waals surface area contributed by atoms with Crippen molar-refractivity contribution in [2.45, 2.75) is 27.2 Å². The second-order valence-electron chi connectivity index (χ2n) is 5.99. The molecule has 6 heteroatoms. The predicted molar refractivity (Wildman–Crippen MR) is 99.2 cm³/mol. The number of aryl methyl sites for hydroxylation is 2. The molecule has 0 saturated carbocycles. The third-order valence-electron chi connectivity index (χ3n) is 3.87. The lowest BCUT2D eigenvalue weighted by molar-refractivity contribution is -0.115. The number of para-hydroxylation sites is 1. The molecule has 1 heterocycles. The first kappa shape index (κ1) is 17.7. The highest BCUT2D eigenvalue weighted by Crippen LogP contribution is 2.28. The summed E-state index contributed by atoms with van der Waals surface area (Å²) in [5.74, 6) is 1.15. The van der Waals surface area contributed by atoms with Crippen LogP contribution in [0.25, 0.3) is 11.5 Å². The first-order valence-corrected chi connectivity index (χ1v) is 8.48. The standard InChI is InChI=1S/C20H21N3O3/c1-4-25-17-8-6-5-7-15(17)20-22-18(23-26-20)12-19(24)21-16-11-13(2)9-10-14(16)3/h5-11H,4,12H2,1-3H3,(H,21,24). The Labute approximate surface area is 152 Å². The Kier molecular flexibility index (Phi) is 5.31. The second-order valence-corrected chi connectivity index (χ2v) is 5.99. The number of nitrogens with zero attached hydrogens (tertiary/aromatic N) is 2. The van der Waals surface area contributed by atoms with Crippen LogP contribution in [0.15, 0.2) is 47.0 Å². The van der Waals surface area contributed by atoms with Crippen molar-refractivity contribution in [3.63, 3.8) is 0 Å². The van der Waals surface area contributed by atoms with Crippen LogP contribution in [0.4, 0.5) is 5.69 Å². The number of nitrogens with one attached hydrogen (secondary N) is 1. The fraction of sp³-hybridized carbons (Fsp3) is 0.250. The largest absolute Gasteiger partial charge is 0.493 e. The van der Waals surface area contributed by atoms with E-state index < -0.39 is 0 Å². The molecule has 1 amide bonds. The molecule has 2 aromatic carbocycles. The van der Waals surface area contributed by atoms with E-state index in [9.17, 15) is 4.79 Å². The maximum Gasteiger partial charge on any atom is 0.261 e. The summed E-state index contributed by atoms with van der Waals surface area (Å²) in [4.78, 5) is 16.6. The highest BCUT2D eigenvalue weighted by atomic mass is 16.5. The summed E-state index contributed by atoms with van der Waals surface area (Å²) in [5, 5.41) is 6.81. The third-order valence-corrected chi connectivity index (χ3v) is 3.87. The van der Waals surface area contributed by atoms with Crippen molar-refractivity contribution in [1.82, 2.24) is 10.1 Å². The number of carbonyl (C=O) groups is 1. The van der Waals surface area contributed by atoms with Crippen LogP contribution in [0.1, 0.15) is 23.9 Å². The van der Waals surface area contributed by atoms with Gasteiger partial charge in [-0.15, -0.1) is 0 Å². The second kappa shape index (κ2) is 7.82. The number of benzene rings is 2. The molecule has 0 saturated heterocycles. The minimum absolute atomic E-state index is 0.0354. The molecular weight excluding hydrogens is 330 g/mol. The molecule has 0 atom stereocenters. The molecule has 6 nitrogen and oxygen atoms in total. The number of anilines is 1.